The van der Waals surface area contributed by atoms with Gasteiger partial charge < -0.3 is 25.5 Å². The molecular formula is C9H18O6. The van der Waals surface area contributed by atoms with E-state index in [1.165, 1.54) is 0 Å². The summed E-state index contributed by atoms with van der Waals surface area (Å²) in [5.74, 6) is -0.753. The van der Waals surface area contributed by atoms with Gasteiger partial charge in [-0.05, 0) is 20.8 Å². The molecule has 0 saturated carbocycles. The van der Waals surface area contributed by atoms with E-state index >= 15 is 0 Å². The van der Waals surface area contributed by atoms with Crippen LogP contribution in [0.15, 0.2) is 0 Å². The van der Waals surface area contributed by atoms with Crippen LogP contribution < -0.4 is 0 Å². The van der Waals surface area contributed by atoms with Crippen molar-refractivity contribution in [2.45, 2.75) is 44.2 Å². The lowest BCUT2D eigenvalue weighted by Gasteiger charge is -2.41. The summed E-state index contributed by atoms with van der Waals surface area (Å²) in [4.78, 5) is 11.1. The van der Waals surface area contributed by atoms with E-state index in [2.05, 4.69) is 0 Å². The maximum Gasteiger partial charge on any atom is 0.164 e. The van der Waals surface area contributed by atoms with Crippen LogP contribution in [0.25, 0.3) is 0 Å². The fraction of sp³-hybridized carbons (Fsp3) is 0.889. The van der Waals surface area contributed by atoms with Crippen LogP contribution in [0.4, 0.5) is 0 Å². The molecule has 5 N–H and O–H groups in total. The summed E-state index contributed by atoms with van der Waals surface area (Å²) in [7, 11) is 0. The van der Waals surface area contributed by atoms with Gasteiger partial charge in [-0.1, -0.05) is 0 Å². The van der Waals surface area contributed by atoms with E-state index < -0.39 is 35.8 Å². The van der Waals surface area contributed by atoms with Crippen molar-refractivity contribution in [3.63, 3.8) is 0 Å². The van der Waals surface area contributed by atoms with E-state index in [0.29, 0.717) is 0 Å². The van der Waals surface area contributed by atoms with E-state index in [9.17, 15) is 20.1 Å². The average Bonchev–Trinajstić information content (AvgIpc) is 2.14. The summed E-state index contributed by atoms with van der Waals surface area (Å²) in [6.07, 6.45) is -3.47. The molecule has 0 aliphatic rings. The van der Waals surface area contributed by atoms with Gasteiger partial charge in [0.1, 0.15) is 17.8 Å². The number of rotatable bonds is 5. The van der Waals surface area contributed by atoms with Crippen LogP contribution in [-0.2, 0) is 4.79 Å². The summed E-state index contributed by atoms with van der Waals surface area (Å²) < 4.78 is 0. The zero-order valence-corrected chi connectivity index (χ0v) is 9.01. The van der Waals surface area contributed by atoms with Gasteiger partial charge in [-0.2, -0.15) is 0 Å². The maximum atomic E-state index is 11.1. The molecule has 0 aromatic carbocycles. The summed E-state index contributed by atoms with van der Waals surface area (Å²) in [5, 5.41) is 46.6. The predicted octanol–water partition coefficient (Wildman–Crippen LogP) is -2.21. The van der Waals surface area contributed by atoms with Crippen molar-refractivity contribution >= 4 is 5.78 Å². The highest BCUT2D eigenvalue weighted by Gasteiger charge is 2.52. The summed E-state index contributed by atoms with van der Waals surface area (Å²) in [5.41, 5.74) is -4.45. The first-order valence-electron chi connectivity index (χ1n) is 4.51. The first-order valence-corrected chi connectivity index (χ1v) is 4.51. The SMILES string of the molecule is CC(=O)[C@](C)(O)[C@@](C)(O)[C@@H](O)[C@H](O)CO. The van der Waals surface area contributed by atoms with Crippen molar-refractivity contribution in [1.82, 2.24) is 0 Å². The summed E-state index contributed by atoms with van der Waals surface area (Å²) >= 11 is 0. The Morgan fingerprint density at radius 2 is 1.67 bits per heavy atom. The standard InChI is InChI=1S/C9H18O6/c1-5(11)8(2,14)9(3,15)7(13)6(12)4-10/h6-7,10,12-15H,4H2,1-3H3/t6-,7+,8+,9+/m1/s1. The van der Waals surface area contributed by atoms with Crippen LogP contribution in [0, 0.1) is 0 Å². The van der Waals surface area contributed by atoms with Crippen LogP contribution in [-0.4, -0.2) is 61.3 Å². The highest BCUT2D eigenvalue weighted by atomic mass is 16.4. The van der Waals surface area contributed by atoms with Crippen molar-refractivity contribution in [1.29, 1.82) is 0 Å². The third kappa shape index (κ3) is 2.53. The molecule has 0 amide bonds. The summed E-state index contributed by atoms with van der Waals surface area (Å²) in [6.45, 7) is 2.30. The molecule has 0 aliphatic carbocycles. The predicted molar refractivity (Wildman–Crippen MR) is 51.0 cm³/mol. The number of carbonyl (C=O) groups excluding carboxylic acids is 1. The lowest BCUT2D eigenvalue weighted by molar-refractivity contribution is -0.209. The van der Waals surface area contributed by atoms with Gasteiger partial charge in [-0.15, -0.1) is 0 Å². The highest BCUT2D eigenvalue weighted by Crippen LogP contribution is 2.28. The van der Waals surface area contributed by atoms with E-state index in [-0.39, 0.29) is 0 Å². The molecule has 0 aromatic rings. The van der Waals surface area contributed by atoms with Crippen molar-refractivity contribution in [2.24, 2.45) is 0 Å². The first kappa shape index (κ1) is 14.5. The molecule has 0 rings (SSSR count). The number of hydrogen-bond acceptors (Lipinski definition) is 6. The Labute approximate surface area is 87.8 Å². The van der Waals surface area contributed by atoms with Gasteiger partial charge in [0.25, 0.3) is 0 Å². The largest absolute Gasteiger partial charge is 0.394 e. The lowest BCUT2D eigenvalue weighted by Crippen LogP contribution is -2.64. The molecule has 0 bridgehead atoms. The number of ketones is 1. The molecule has 0 aliphatic heterocycles. The van der Waals surface area contributed by atoms with Gasteiger partial charge in [0.2, 0.25) is 0 Å². The molecule has 0 unspecified atom stereocenters. The molecule has 0 saturated heterocycles. The van der Waals surface area contributed by atoms with Gasteiger partial charge >= 0.3 is 0 Å². The Morgan fingerprint density at radius 1 is 1.27 bits per heavy atom. The van der Waals surface area contributed by atoms with Crippen molar-refractivity contribution in [2.75, 3.05) is 6.61 Å². The van der Waals surface area contributed by atoms with Gasteiger partial charge in [0.15, 0.2) is 11.4 Å². The smallest absolute Gasteiger partial charge is 0.164 e. The van der Waals surface area contributed by atoms with E-state index in [0.717, 1.165) is 20.8 Å². The minimum atomic E-state index is -2.25. The Hall–Kier alpha value is -0.530. The highest BCUT2D eigenvalue weighted by molar-refractivity contribution is 5.85. The molecule has 90 valence electrons. The molecular weight excluding hydrogens is 204 g/mol. The quantitative estimate of drug-likeness (QED) is 0.360. The van der Waals surface area contributed by atoms with Crippen LogP contribution >= 0.6 is 0 Å². The van der Waals surface area contributed by atoms with Gasteiger partial charge in [0, 0.05) is 0 Å². The molecule has 0 aromatic heterocycles. The summed E-state index contributed by atoms with van der Waals surface area (Å²) in [6, 6.07) is 0. The van der Waals surface area contributed by atoms with Gasteiger partial charge in [-0.25, -0.2) is 0 Å². The van der Waals surface area contributed by atoms with Crippen molar-refractivity contribution in [3.8, 4) is 0 Å². The molecule has 4 atom stereocenters. The lowest BCUT2D eigenvalue weighted by atomic mass is 9.77. The average molecular weight is 222 g/mol. The van der Waals surface area contributed by atoms with E-state index in [1.54, 1.807) is 0 Å². The fourth-order valence-electron chi connectivity index (χ4n) is 1.12. The second-order valence-electron chi connectivity index (χ2n) is 3.97. The normalized spacial score (nSPS) is 23.7. The van der Waals surface area contributed by atoms with Gasteiger partial charge in [0.05, 0.1) is 6.61 Å². The molecule has 0 fully saturated rings. The Kier molecular flexibility index (Phi) is 4.38. The number of aliphatic hydroxyl groups excluding tert-OH is 3. The maximum absolute atomic E-state index is 11.1. The van der Waals surface area contributed by atoms with E-state index in [1.807, 2.05) is 0 Å². The number of Topliss-reactive ketones (excluding diaryl/α,β-unsaturated/α-hetero) is 1. The third-order valence-corrected chi connectivity index (χ3v) is 2.80. The molecule has 6 nitrogen and oxygen atoms in total. The zero-order chi connectivity index (χ0) is 12.4. The molecule has 0 heterocycles. The topological polar surface area (TPSA) is 118 Å². The monoisotopic (exact) mass is 222 g/mol. The van der Waals surface area contributed by atoms with E-state index in [4.69, 9.17) is 10.2 Å². The Morgan fingerprint density at radius 3 is 1.93 bits per heavy atom. The minimum Gasteiger partial charge on any atom is -0.394 e. The fourth-order valence-corrected chi connectivity index (χ4v) is 1.12. The zero-order valence-electron chi connectivity index (χ0n) is 9.01. The number of carbonyl (C=O) groups is 1. The van der Waals surface area contributed by atoms with Crippen LogP contribution in [0.2, 0.25) is 0 Å². The molecule has 0 spiro atoms. The first-order chi connectivity index (χ1) is 6.59. The number of hydrogen-bond donors (Lipinski definition) is 5. The molecule has 0 radical (unpaired) electrons. The molecule has 15 heavy (non-hydrogen) atoms. The number of aliphatic hydroxyl groups is 5. The van der Waals surface area contributed by atoms with Crippen LogP contribution in [0.5, 0.6) is 0 Å². The third-order valence-electron chi connectivity index (χ3n) is 2.80. The Bertz CT molecular complexity index is 235. The van der Waals surface area contributed by atoms with Crippen LogP contribution in [0.3, 0.4) is 0 Å². The van der Waals surface area contributed by atoms with Gasteiger partial charge in [-0.3, -0.25) is 4.79 Å². The second-order valence-corrected chi connectivity index (χ2v) is 3.97. The molecule has 6 heteroatoms. The minimum absolute atomic E-state index is 0.753. The second kappa shape index (κ2) is 4.54. The van der Waals surface area contributed by atoms with Crippen molar-refractivity contribution < 1.29 is 30.3 Å². The van der Waals surface area contributed by atoms with Crippen molar-refractivity contribution in [3.05, 3.63) is 0 Å². The van der Waals surface area contributed by atoms with Crippen LogP contribution in [0.1, 0.15) is 20.8 Å². The Balaban J connectivity index is 5.04.